The van der Waals surface area contributed by atoms with Crippen molar-refractivity contribution in [2.75, 3.05) is 18.4 Å². The number of carboxylic acids is 1. The number of carboxylic acid groups (broad SMARTS) is 1. The minimum absolute atomic E-state index is 0.0241. The molecule has 0 radical (unpaired) electrons. The predicted octanol–water partition coefficient (Wildman–Crippen LogP) is 3.47. The van der Waals surface area contributed by atoms with Crippen LogP contribution in [0.3, 0.4) is 0 Å². The van der Waals surface area contributed by atoms with Gasteiger partial charge in [0.05, 0.1) is 16.1 Å². The Balaban J connectivity index is 2.49. The number of nitrogens with one attached hydrogen (secondary N) is 1. The minimum Gasteiger partial charge on any atom is -0.478 e. The molecule has 25 heavy (non-hydrogen) atoms. The fourth-order valence-electron chi connectivity index (χ4n) is 2.54. The van der Waals surface area contributed by atoms with E-state index in [-0.39, 0.29) is 10.5 Å². The average molecular weight is 362 g/mol. The summed E-state index contributed by atoms with van der Waals surface area (Å²) in [7, 11) is -3.71. The number of rotatable bonds is 7. The van der Waals surface area contributed by atoms with Crippen molar-refractivity contribution in [2.45, 2.75) is 25.7 Å². The fraction of sp³-hybridized carbons (Fsp3) is 0.278. The van der Waals surface area contributed by atoms with Crippen LogP contribution in [0.1, 0.15) is 29.8 Å². The number of aryl methyl sites for hydroxylation is 1. The van der Waals surface area contributed by atoms with E-state index in [1.165, 1.54) is 22.5 Å². The van der Waals surface area contributed by atoms with E-state index in [2.05, 4.69) is 5.32 Å². The van der Waals surface area contributed by atoms with E-state index in [9.17, 15) is 18.3 Å². The van der Waals surface area contributed by atoms with Crippen LogP contribution in [0.2, 0.25) is 0 Å². The number of sulfonamides is 1. The van der Waals surface area contributed by atoms with E-state index in [1.807, 2.05) is 31.2 Å². The van der Waals surface area contributed by atoms with E-state index < -0.39 is 16.0 Å². The molecule has 134 valence electrons. The van der Waals surface area contributed by atoms with Crippen LogP contribution in [-0.2, 0) is 10.0 Å². The molecule has 0 heterocycles. The second-order valence-corrected chi connectivity index (χ2v) is 7.48. The predicted molar refractivity (Wildman–Crippen MR) is 98.0 cm³/mol. The smallest absolute Gasteiger partial charge is 0.337 e. The van der Waals surface area contributed by atoms with Crippen LogP contribution < -0.4 is 5.32 Å². The Morgan fingerprint density at radius 2 is 1.72 bits per heavy atom. The number of hydrogen-bond acceptors (Lipinski definition) is 4. The Bertz CT molecular complexity index is 874. The quantitative estimate of drug-likeness (QED) is 0.787. The fourth-order valence-corrected chi connectivity index (χ4v) is 4.03. The third kappa shape index (κ3) is 4.00. The molecule has 0 saturated heterocycles. The molecule has 0 amide bonds. The van der Waals surface area contributed by atoms with Gasteiger partial charge in [0.2, 0.25) is 10.0 Å². The van der Waals surface area contributed by atoms with Crippen LogP contribution in [-0.4, -0.2) is 36.9 Å². The van der Waals surface area contributed by atoms with Gasteiger partial charge in [-0.1, -0.05) is 32.0 Å². The van der Waals surface area contributed by atoms with E-state index in [0.717, 1.165) is 11.3 Å². The molecular formula is C18H22N2O4S. The molecule has 0 aliphatic carbocycles. The van der Waals surface area contributed by atoms with Crippen LogP contribution in [0.15, 0.2) is 47.4 Å². The second-order valence-electron chi connectivity index (χ2n) is 5.54. The normalized spacial score (nSPS) is 11.5. The number of nitrogens with zero attached hydrogens (tertiary/aromatic N) is 1. The van der Waals surface area contributed by atoms with E-state index in [0.29, 0.717) is 18.8 Å². The highest BCUT2D eigenvalue weighted by Gasteiger charge is 2.24. The lowest BCUT2D eigenvalue weighted by atomic mass is 10.1. The van der Waals surface area contributed by atoms with Crippen molar-refractivity contribution in [1.29, 1.82) is 0 Å². The zero-order chi connectivity index (χ0) is 18.6. The van der Waals surface area contributed by atoms with Gasteiger partial charge < -0.3 is 10.4 Å². The summed E-state index contributed by atoms with van der Waals surface area (Å²) in [4.78, 5) is 11.6. The van der Waals surface area contributed by atoms with Gasteiger partial charge in [-0.3, -0.25) is 0 Å². The number of anilines is 2. The molecule has 0 unspecified atom stereocenters. The molecule has 0 aliphatic rings. The number of carbonyl (C=O) groups is 1. The first-order chi connectivity index (χ1) is 11.8. The second kappa shape index (κ2) is 7.67. The standard InChI is InChI=1S/C18H22N2O4S/c1-4-20(5-2)25(23,24)14-10-11-17(15(12-14)18(21)22)19-16-9-7-6-8-13(16)3/h6-12,19H,4-5H2,1-3H3,(H,21,22). The van der Waals surface area contributed by atoms with Crippen molar-refractivity contribution in [2.24, 2.45) is 0 Å². The topological polar surface area (TPSA) is 86.7 Å². The lowest BCUT2D eigenvalue weighted by Crippen LogP contribution is -2.30. The molecule has 0 atom stereocenters. The summed E-state index contributed by atoms with van der Waals surface area (Å²) < 4.78 is 26.5. The molecular weight excluding hydrogens is 340 g/mol. The lowest BCUT2D eigenvalue weighted by molar-refractivity contribution is 0.0697. The van der Waals surface area contributed by atoms with Crippen LogP contribution in [0.5, 0.6) is 0 Å². The van der Waals surface area contributed by atoms with Gasteiger partial charge in [-0.25, -0.2) is 13.2 Å². The van der Waals surface area contributed by atoms with Crippen molar-refractivity contribution in [3.8, 4) is 0 Å². The van der Waals surface area contributed by atoms with E-state index in [1.54, 1.807) is 13.8 Å². The number of benzene rings is 2. The highest BCUT2D eigenvalue weighted by Crippen LogP contribution is 2.27. The number of para-hydroxylation sites is 1. The molecule has 2 rings (SSSR count). The average Bonchev–Trinajstić information content (AvgIpc) is 2.57. The molecule has 0 fully saturated rings. The third-order valence-corrected chi connectivity index (χ3v) is 6.02. The summed E-state index contributed by atoms with van der Waals surface area (Å²) in [6.45, 7) is 6.04. The molecule has 0 spiro atoms. The first-order valence-corrected chi connectivity index (χ1v) is 9.45. The Labute approximate surface area is 148 Å². The first kappa shape index (κ1) is 19.0. The van der Waals surface area contributed by atoms with Gasteiger partial charge in [-0.2, -0.15) is 4.31 Å². The Hall–Kier alpha value is -2.38. The molecule has 2 aromatic rings. The largest absolute Gasteiger partial charge is 0.478 e. The van der Waals surface area contributed by atoms with Gasteiger partial charge in [0.15, 0.2) is 0 Å². The third-order valence-electron chi connectivity index (χ3n) is 3.98. The molecule has 0 bridgehead atoms. The Kier molecular flexibility index (Phi) is 5.81. The molecule has 7 heteroatoms. The zero-order valence-electron chi connectivity index (χ0n) is 14.5. The van der Waals surface area contributed by atoms with Gasteiger partial charge >= 0.3 is 5.97 Å². The van der Waals surface area contributed by atoms with Crippen molar-refractivity contribution in [3.63, 3.8) is 0 Å². The zero-order valence-corrected chi connectivity index (χ0v) is 15.3. The Morgan fingerprint density at radius 3 is 2.28 bits per heavy atom. The van der Waals surface area contributed by atoms with Gasteiger partial charge in [0.25, 0.3) is 0 Å². The SMILES string of the molecule is CCN(CC)S(=O)(=O)c1ccc(Nc2ccccc2C)c(C(=O)O)c1. The molecule has 0 saturated carbocycles. The molecule has 0 aliphatic heterocycles. The van der Waals surface area contributed by atoms with Crippen LogP contribution in [0.4, 0.5) is 11.4 Å². The highest BCUT2D eigenvalue weighted by atomic mass is 32.2. The summed E-state index contributed by atoms with van der Waals surface area (Å²) in [5.41, 5.74) is 1.99. The van der Waals surface area contributed by atoms with E-state index >= 15 is 0 Å². The van der Waals surface area contributed by atoms with Crippen LogP contribution in [0, 0.1) is 6.92 Å². The molecule has 2 N–H and O–H groups in total. The highest BCUT2D eigenvalue weighted by molar-refractivity contribution is 7.89. The van der Waals surface area contributed by atoms with Crippen molar-refractivity contribution in [3.05, 3.63) is 53.6 Å². The molecule has 6 nitrogen and oxygen atoms in total. The van der Waals surface area contributed by atoms with Crippen molar-refractivity contribution < 1.29 is 18.3 Å². The summed E-state index contributed by atoms with van der Waals surface area (Å²) in [6.07, 6.45) is 0. The minimum atomic E-state index is -3.71. The van der Waals surface area contributed by atoms with E-state index in [4.69, 9.17) is 0 Å². The molecule has 2 aromatic carbocycles. The monoisotopic (exact) mass is 362 g/mol. The lowest BCUT2D eigenvalue weighted by Gasteiger charge is -2.19. The van der Waals surface area contributed by atoms with Gasteiger partial charge in [-0.15, -0.1) is 0 Å². The maximum atomic E-state index is 12.6. The molecule has 0 aromatic heterocycles. The summed E-state index contributed by atoms with van der Waals surface area (Å²) >= 11 is 0. The number of aromatic carboxylic acids is 1. The van der Waals surface area contributed by atoms with Crippen molar-refractivity contribution in [1.82, 2.24) is 4.31 Å². The first-order valence-electron chi connectivity index (χ1n) is 8.01. The summed E-state index contributed by atoms with van der Waals surface area (Å²) in [5, 5.41) is 12.6. The van der Waals surface area contributed by atoms with Gasteiger partial charge in [-0.05, 0) is 36.8 Å². The Morgan fingerprint density at radius 1 is 1.08 bits per heavy atom. The van der Waals surface area contributed by atoms with Gasteiger partial charge in [0.1, 0.15) is 0 Å². The van der Waals surface area contributed by atoms with Crippen LogP contribution in [0.25, 0.3) is 0 Å². The van der Waals surface area contributed by atoms with Crippen molar-refractivity contribution >= 4 is 27.4 Å². The van der Waals surface area contributed by atoms with Crippen LogP contribution >= 0.6 is 0 Å². The number of hydrogen-bond donors (Lipinski definition) is 2. The summed E-state index contributed by atoms with van der Waals surface area (Å²) in [5.74, 6) is -1.19. The maximum Gasteiger partial charge on any atom is 0.337 e. The van der Waals surface area contributed by atoms with Gasteiger partial charge in [0, 0.05) is 18.8 Å². The maximum absolute atomic E-state index is 12.6. The summed E-state index contributed by atoms with van der Waals surface area (Å²) in [6, 6.07) is 11.6.